The molecule has 8 N–H and O–H groups in total. The molecule has 0 bridgehead atoms. The molecule has 4 aliphatic rings. The predicted octanol–water partition coefficient (Wildman–Crippen LogP) is 3.11. The molecule has 8 heteroatoms. The highest BCUT2D eigenvalue weighted by molar-refractivity contribution is 5.09. The Morgan fingerprint density at radius 1 is 0.425 bits per heavy atom. The second-order valence-corrected chi connectivity index (χ2v) is 14.1. The number of rotatable bonds is 6. The van der Waals surface area contributed by atoms with Crippen molar-refractivity contribution in [3.63, 3.8) is 0 Å². The van der Waals surface area contributed by atoms with Crippen molar-refractivity contribution in [1.29, 1.82) is 0 Å². The van der Waals surface area contributed by atoms with E-state index < -0.39 is 0 Å². The van der Waals surface area contributed by atoms with E-state index in [4.69, 9.17) is 30.6 Å². The molecule has 40 heavy (non-hydrogen) atoms. The van der Waals surface area contributed by atoms with Gasteiger partial charge >= 0.3 is 0 Å². The van der Waals surface area contributed by atoms with Crippen molar-refractivity contribution >= 4 is 0 Å². The van der Waals surface area contributed by atoms with Gasteiger partial charge in [-0.25, -0.2) is 0 Å². The molecule has 4 aliphatic carbocycles. The summed E-state index contributed by atoms with van der Waals surface area (Å²) >= 11 is 0. The quantitative estimate of drug-likeness (QED) is 0.239. The Morgan fingerprint density at radius 3 is 1.00 bits per heavy atom. The molecule has 4 unspecified atom stereocenters. The zero-order chi connectivity index (χ0) is 30.3. The van der Waals surface area contributed by atoms with Crippen molar-refractivity contribution < 1.29 is 40.9 Å². The zero-order valence-electron chi connectivity index (χ0n) is 25.9. The second-order valence-electron chi connectivity index (χ2n) is 14.1. The van der Waals surface area contributed by atoms with Crippen molar-refractivity contribution in [3.8, 4) is 0 Å². The average Bonchev–Trinajstić information content (AvgIpc) is 3.01. The molecule has 4 rings (SSSR count). The van der Waals surface area contributed by atoms with Crippen LogP contribution < -0.4 is 0 Å². The van der Waals surface area contributed by atoms with E-state index in [1.54, 1.807) is 0 Å². The summed E-state index contributed by atoms with van der Waals surface area (Å²) in [6.07, 6.45) is 12.8. The lowest BCUT2D eigenvalue weighted by molar-refractivity contribution is -0.247. The van der Waals surface area contributed by atoms with Gasteiger partial charge in [0.25, 0.3) is 0 Å². The van der Waals surface area contributed by atoms with Gasteiger partial charge in [0.05, 0.1) is 12.2 Å². The lowest BCUT2D eigenvalue weighted by atomic mass is 9.51. The molecule has 0 aromatic rings. The maximum Gasteiger partial charge on any atom is 0.0691 e. The van der Waals surface area contributed by atoms with Gasteiger partial charge in [-0.3, -0.25) is 0 Å². The highest BCUT2D eigenvalue weighted by atomic mass is 16.3. The number of hydrogen-bond donors (Lipinski definition) is 8. The van der Waals surface area contributed by atoms with E-state index in [0.29, 0.717) is 61.9 Å². The summed E-state index contributed by atoms with van der Waals surface area (Å²) in [7, 11) is 0. The van der Waals surface area contributed by atoms with Crippen LogP contribution >= 0.6 is 0 Å². The van der Waals surface area contributed by atoms with Crippen LogP contribution in [0.5, 0.6) is 0 Å². The van der Waals surface area contributed by atoms with Crippen molar-refractivity contribution in [2.45, 2.75) is 117 Å². The highest BCUT2D eigenvalue weighted by Gasteiger charge is 2.60. The zero-order valence-corrected chi connectivity index (χ0v) is 25.9. The summed E-state index contributed by atoms with van der Waals surface area (Å²) in [5.41, 5.74) is -0.632. The van der Waals surface area contributed by atoms with Crippen LogP contribution in [-0.4, -0.2) is 92.7 Å². The molecule has 0 aromatic carbocycles. The summed E-state index contributed by atoms with van der Waals surface area (Å²) < 4.78 is 0. The van der Waals surface area contributed by atoms with E-state index in [2.05, 4.69) is 0 Å². The average molecular weight is 577 g/mol. The van der Waals surface area contributed by atoms with E-state index in [1.807, 2.05) is 27.7 Å². The van der Waals surface area contributed by atoms with Gasteiger partial charge in [0, 0.05) is 50.5 Å². The third-order valence-corrected chi connectivity index (χ3v) is 10.2. The van der Waals surface area contributed by atoms with Gasteiger partial charge in [0.1, 0.15) is 0 Å². The van der Waals surface area contributed by atoms with Crippen molar-refractivity contribution in [3.05, 3.63) is 0 Å². The molecule has 240 valence electrons. The molecular formula is C32H64O8. The Kier molecular flexibility index (Phi) is 18.0. The first kappa shape index (κ1) is 37.7. The van der Waals surface area contributed by atoms with E-state index in [0.717, 1.165) is 57.8 Å². The fourth-order valence-corrected chi connectivity index (χ4v) is 7.22. The maximum absolute atomic E-state index is 9.51. The van der Waals surface area contributed by atoms with Gasteiger partial charge in [0.2, 0.25) is 0 Å². The molecule has 4 saturated carbocycles. The fraction of sp³-hybridized carbons (Fsp3) is 1.00. The largest absolute Gasteiger partial charge is 0.396 e. The first-order valence-corrected chi connectivity index (χ1v) is 15.9. The lowest BCUT2D eigenvalue weighted by Crippen LogP contribution is -2.67. The van der Waals surface area contributed by atoms with Crippen LogP contribution in [0, 0.1) is 46.3 Å². The molecule has 0 aromatic heterocycles. The number of hydrogen-bond acceptors (Lipinski definition) is 8. The summed E-state index contributed by atoms with van der Waals surface area (Å²) in [6.45, 7) is 9.31. The molecule has 0 spiro atoms. The SMILES string of the molecule is CC1(C)C(O)C(C)(C)C1O.OCC1CCC(CO)CC1.OCC1CCCC(CO)C1.OCC1CCCCC1CO. The Bertz CT molecular complexity index is 570. The standard InChI is InChI=1S/4C8H16O2/c1-7(2)5(9)8(3,4)6(7)10;9-5-7-1-2-8(6-10)4-3-7;9-5-7-2-1-3-8(4-7)6-10;9-5-7-3-1-2-4-8(7)6-10/h5-6,9-10H,1-4H3;3*7-10H,1-6H2. The molecule has 0 amide bonds. The lowest BCUT2D eigenvalue weighted by Gasteiger charge is -2.59. The van der Waals surface area contributed by atoms with Crippen LogP contribution in [0.15, 0.2) is 0 Å². The van der Waals surface area contributed by atoms with Crippen molar-refractivity contribution in [1.82, 2.24) is 0 Å². The van der Waals surface area contributed by atoms with Crippen LogP contribution in [-0.2, 0) is 0 Å². The summed E-state index contributed by atoms with van der Waals surface area (Å²) in [5, 5.41) is 72.0. The van der Waals surface area contributed by atoms with Gasteiger partial charge in [-0.15, -0.1) is 0 Å². The molecule has 4 atom stereocenters. The summed E-state index contributed by atoms with van der Waals surface area (Å²) in [4.78, 5) is 0. The maximum atomic E-state index is 9.51. The second kappa shape index (κ2) is 19.1. The van der Waals surface area contributed by atoms with Crippen molar-refractivity contribution in [2.75, 3.05) is 39.6 Å². The van der Waals surface area contributed by atoms with E-state index in [-0.39, 0.29) is 36.3 Å². The summed E-state index contributed by atoms with van der Waals surface area (Å²) in [6, 6.07) is 0. The number of aliphatic hydroxyl groups excluding tert-OH is 8. The first-order valence-electron chi connectivity index (χ1n) is 15.9. The van der Waals surface area contributed by atoms with Gasteiger partial charge < -0.3 is 40.9 Å². The van der Waals surface area contributed by atoms with Crippen LogP contribution in [0.1, 0.15) is 105 Å². The Balaban J connectivity index is 0.000000267. The van der Waals surface area contributed by atoms with Crippen LogP contribution in [0.3, 0.4) is 0 Å². The Morgan fingerprint density at radius 2 is 0.750 bits per heavy atom. The molecular weight excluding hydrogens is 512 g/mol. The van der Waals surface area contributed by atoms with Gasteiger partial charge in [-0.2, -0.15) is 0 Å². The minimum absolute atomic E-state index is 0.255. The van der Waals surface area contributed by atoms with Gasteiger partial charge in [-0.05, 0) is 93.3 Å². The van der Waals surface area contributed by atoms with Crippen molar-refractivity contribution in [2.24, 2.45) is 46.3 Å². The summed E-state index contributed by atoms with van der Waals surface area (Å²) in [5.74, 6) is 2.71. The van der Waals surface area contributed by atoms with E-state index in [9.17, 15) is 10.2 Å². The van der Waals surface area contributed by atoms with Gasteiger partial charge in [-0.1, -0.05) is 47.0 Å². The molecule has 8 nitrogen and oxygen atoms in total. The first-order chi connectivity index (χ1) is 18.9. The third kappa shape index (κ3) is 11.4. The third-order valence-electron chi connectivity index (χ3n) is 10.2. The molecule has 4 fully saturated rings. The minimum atomic E-state index is -0.380. The van der Waals surface area contributed by atoms with Gasteiger partial charge in [0.15, 0.2) is 0 Å². The minimum Gasteiger partial charge on any atom is -0.396 e. The number of aliphatic hydroxyl groups is 8. The predicted molar refractivity (Wildman–Crippen MR) is 158 cm³/mol. The molecule has 0 radical (unpaired) electrons. The topological polar surface area (TPSA) is 162 Å². The Labute approximate surface area is 243 Å². The molecule has 0 aliphatic heterocycles. The van der Waals surface area contributed by atoms with Crippen LogP contribution in [0.2, 0.25) is 0 Å². The van der Waals surface area contributed by atoms with E-state index >= 15 is 0 Å². The van der Waals surface area contributed by atoms with Crippen LogP contribution in [0.4, 0.5) is 0 Å². The normalized spacial score (nSPS) is 36.3. The fourth-order valence-electron chi connectivity index (χ4n) is 7.22. The molecule has 0 heterocycles. The van der Waals surface area contributed by atoms with E-state index in [1.165, 1.54) is 19.3 Å². The Hall–Kier alpha value is -0.320. The molecule has 0 saturated heterocycles. The monoisotopic (exact) mass is 576 g/mol. The van der Waals surface area contributed by atoms with Crippen LogP contribution in [0.25, 0.3) is 0 Å². The highest BCUT2D eigenvalue weighted by Crippen LogP contribution is 2.53. The smallest absolute Gasteiger partial charge is 0.0691 e.